The van der Waals surface area contributed by atoms with E-state index in [2.05, 4.69) is 0 Å². The van der Waals surface area contributed by atoms with Crippen molar-refractivity contribution in [2.45, 2.75) is 39.7 Å². The van der Waals surface area contributed by atoms with Gasteiger partial charge < -0.3 is 24.5 Å². The van der Waals surface area contributed by atoms with Crippen LogP contribution in [0.2, 0.25) is 0 Å². The quantitative estimate of drug-likeness (QED) is 0.394. The minimum atomic E-state index is -0.580. The number of ether oxygens (including phenoxy) is 1. The minimum Gasteiger partial charge on any atom is -0.504 e. The van der Waals surface area contributed by atoms with Crippen LogP contribution in [0.15, 0.2) is 51.2 Å². The van der Waals surface area contributed by atoms with Gasteiger partial charge in [0, 0.05) is 16.7 Å². The number of phenols is 2. The van der Waals surface area contributed by atoms with Crippen molar-refractivity contribution >= 4 is 17.0 Å². The second-order valence-electron chi connectivity index (χ2n) is 8.49. The molecule has 1 aliphatic rings. The lowest BCUT2D eigenvalue weighted by atomic mass is 9.95. The zero-order valence-electron chi connectivity index (χ0n) is 17.8. The fourth-order valence-corrected chi connectivity index (χ4v) is 3.58. The molecule has 160 valence electrons. The van der Waals surface area contributed by atoms with Crippen LogP contribution in [-0.4, -0.2) is 20.9 Å². The molecule has 0 bridgehead atoms. The number of allylic oxidation sites excluding steroid dienone is 2. The highest BCUT2D eigenvalue weighted by atomic mass is 16.5. The van der Waals surface area contributed by atoms with Gasteiger partial charge in [0.05, 0.1) is 5.39 Å². The molecule has 0 saturated heterocycles. The molecule has 0 aliphatic carbocycles. The maximum absolute atomic E-state index is 13.1. The standard InChI is InChI=1S/C25H24O6/c1-13(2)5-7-16-22-15(9-10-25(3,4)31-22)11-17-20(28)21(29)23(30-24(16)17)14-6-8-18(26)19(27)12-14/h5-6,8-12,26-27,29H,7H2,1-4H3. The lowest BCUT2D eigenvalue weighted by Crippen LogP contribution is -2.28. The van der Waals surface area contributed by atoms with Gasteiger partial charge in [-0.2, -0.15) is 0 Å². The van der Waals surface area contributed by atoms with Crippen LogP contribution in [0.1, 0.15) is 38.8 Å². The average Bonchev–Trinajstić information content (AvgIpc) is 2.70. The number of phenolic OH excluding ortho intramolecular Hbond substituents is 2. The molecule has 6 heteroatoms. The molecule has 0 fully saturated rings. The summed E-state index contributed by atoms with van der Waals surface area (Å²) in [7, 11) is 0. The fraction of sp³-hybridized carbons (Fsp3) is 0.240. The summed E-state index contributed by atoms with van der Waals surface area (Å²) in [6, 6.07) is 5.61. The smallest absolute Gasteiger partial charge is 0.235 e. The van der Waals surface area contributed by atoms with Gasteiger partial charge in [-0.1, -0.05) is 17.7 Å². The highest BCUT2D eigenvalue weighted by Gasteiger charge is 2.28. The van der Waals surface area contributed by atoms with E-state index in [9.17, 15) is 20.1 Å². The summed E-state index contributed by atoms with van der Waals surface area (Å²) in [6.07, 6.45) is 6.32. The molecule has 2 heterocycles. The monoisotopic (exact) mass is 420 g/mol. The van der Waals surface area contributed by atoms with Crippen molar-refractivity contribution in [3.05, 3.63) is 63.3 Å². The zero-order valence-corrected chi connectivity index (χ0v) is 17.8. The van der Waals surface area contributed by atoms with Crippen LogP contribution in [-0.2, 0) is 6.42 Å². The zero-order chi connectivity index (χ0) is 22.5. The van der Waals surface area contributed by atoms with Gasteiger partial charge in [-0.05, 0) is 64.5 Å². The van der Waals surface area contributed by atoms with E-state index in [0.717, 1.165) is 11.1 Å². The molecule has 2 aromatic carbocycles. The van der Waals surface area contributed by atoms with Crippen LogP contribution in [0.5, 0.6) is 23.0 Å². The molecular formula is C25H24O6. The molecule has 0 saturated carbocycles. The maximum atomic E-state index is 13.1. The third-order valence-corrected chi connectivity index (χ3v) is 5.22. The Kier molecular flexibility index (Phi) is 4.81. The van der Waals surface area contributed by atoms with Crippen molar-refractivity contribution in [1.82, 2.24) is 0 Å². The Morgan fingerprint density at radius 1 is 1.10 bits per heavy atom. The number of hydrogen-bond acceptors (Lipinski definition) is 6. The Hall–Kier alpha value is -3.67. The van der Waals surface area contributed by atoms with Crippen molar-refractivity contribution in [2.75, 3.05) is 0 Å². The summed E-state index contributed by atoms with van der Waals surface area (Å²) in [6.45, 7) is 7.85. The van der Waals surface area contributed by atoms with Gasteiger partial charge in [0.15, 0.2) is 17.3 Å². The van der Waals surface area contributed by atoms with E-state index in [1.807, 2.05) is 45.9 Å². The fourth-order valence-electron chi connectivity index (χ4n) is 3.58. The number of aromatic hydroxyl groups is 3. The van der Waals surface area contributed by atoms with E-state index in [1.54, 1.807) is 6.07 Å². The Morgan fingerprint density at radius 2 is 1.84 bits per heavy atom. The van der Waals surface area contributed by atoms with E-state index >= 15 is 0 Å². The van der Waals surface area contributed by atoms with Crippen molar-refractivity contribution in [1.29, 1.82) is 0 Å². The Labute approximate surface area is 179 Å². The number of hydrogen-bond donors (Lipinski definition) is 3. The first-order chi connectivity index (χ1) is 14.6. The molecule has 0 amide bonds. The van der Waals surface area contributed by atoms with Crippen LogP contribution >= 0.6 is 0 Å². The van der Waals surface area contributed by atoms with E-state index in [0.29, 0.717) is 23.3 Å². The number of rotatable bonds is 3. The van der Waals surface area contributed by atoms with Gasteiger partial charge in [-0.15, -0.1) is 0 Å². The Bertz CT molecular complexity index is 1320. The van der Waals surface area contributed by atoms with Gasteiger partial charge >= 0.3 is 0 Å². The van der Waals surface area contributed by atoms with Crippen LogP contribution < -0.4 is 10.2 Å². The second-order valence-corrected chi connectivity index (χ2v) is 8.49. The molecule has 1 aromatic heterocycles. The average molecular weight is 420 g/mol. The summed E-state index contributed by atoms with van der Waals surface area (Å²) in [5, 5.41) is 30.3. The summed E-state index contributed by atoms with van der Waals surface area (Å²) >= 11 is 0. The molecule has 0 unspecified atom stereocenters. The van der Waals surface area contributed by atoms with E-state index < -0.39 is 16.8 Å². The number of fused-ring (bicyclic) bond motifs is 2. The first-order valence-electron chi connectivity index (χ1n) is 9.97. The summed E-state index contributed by atoms with van der Waals surface area (Å²) in [4.78, 5) is 13.1. The molecular weight excluding hydrogens is 396 g/mol. The van der Waals surface area contributed by atoms with Gasteiger partial charge in [-0.25, -0.2) is 0 Å². The van der Waals surface area contributed by atoms with Crippen LogP contribution in [0.3, 0.4) is 0 Å². The maximum Gasteiger partial charge on any atom is 0.235 e. The topological polar surface area (TPSA) is 100 Å². The van der Waals surface area contributed by atoms with Gasteiger partial charge in [-0.3, -0.25) is 4.79 Å². The Balaban J connectivity index is 2.07. The molecule has 31 heavy (non-hydrogen) atoms. The molecule has 3 N–H and O–H groups in total. The molecule has 4 rings (SSSR count). The highest BCUT2D eigenvalue weighted by Crippen LogP contribution is 2.42. The van der Waals surface area contributed by atoms with Gasteiger partial charge in [0.1, 0.15) is 16.9 Å². The SMILES string of the molecule is CC(C)=CCc1c2c(cc3c(=O)c(O)c(-c4ccc(O)c(O)c4)oc13)C=CC(C)(C)O2. The second kappa shape index (κ2) is 7.23. The summed E-state index contributed by atoms with van der Waals surface area (Å²) < 4.78 is 12.3. The van der Waals surface area contributed by atoms with E-state index in [4.69, 9.17) is 9.15 Å². The van der Waals surface area contributed by atoms with E-state index in [-0.39, 0.29) is 28.2 Å². The normalized spacial score (nSPS) is 14.2. The molecule has 6 nitrogen and oxygen atoms in total. The van der Waals surface area contributed by atoms with Crippen molar-refractivity contribution in [3.8, 4) is 34.3 Å². The largest absolute Gasteiger partial charge is 0.504 e. The lowest BCUT2D eigenvalue weighted by Gasteiger charge is -2.30. The lowest BCUT2D eigenvalue weighted by molar-refractivity contribution is 0.157. The Morgan fingerprint density at radius 3 is 2.52 bits per heavy atom. The highest BCUT2D eigenvalue weighted by molar-refractivity contribution is 5.90. The predicted octanol–water partition coefficient (Wildman–Crippen LogP) is 5.27. The molecule has 0 spiro atoms. The van der Waals surface area contributed by atoms with E-state index in [1.165, 1.54) is 18.2 Å². The summed E-state index contributed by atoms with van der Waals surface area (Å²) in [5.74, 6) is -0.716. The van der Waals surface area contributed by atoms with Crippen molar-refractivity contribution < 1.29 is 24.5 Å². The third kappa shape index (κ3) is 3.65. The summed E-state index contributed by atoms with van der Waals surface area (Å²) in [5.41, 5.74) is 2.01. The van der Waals surface area contributed by atoms with Crippen molar-refractivity contribution in [2.24, 2.45) is 0 Å². The van der Waals surface area contributed by atoms with Crippen LogP contribution in [0.4, 0.5) is 0 Å². The molecule has 3 aromatic rings. The van der Waals surface area contributed by atoms with Crippen molar-refractivity contribution in [3.63, 3.8) is 0 Å². The minimum absolute atomic E-state index is 0.0863. The first kappa shape index (κ1) is 20.6. The first-order valence-corrected chi connectivity index (χ1v) is 9.97. The van der Waals surface area contributed by atoms with Crippen LogP contribution in [0, 0.1) is 0 Å². The molecule has 0 radical (unpaired) electrons. The third-order valence-electron chi connectivity index (χ3n) is 5.22. The van der Waals surface area contributed by atoms with Gasteiger partial charge in [0.2, 0.25) is 11.2 Å². The predicted molar refractivity (Wildman–Crippen MR) is 120 cm³/mol. The molecule has 0 atom stereocenters. The van der Waals surface area contributed by atoms with Crippen LogP contribution in [0.25, 0.3) is 28.4 Å². The molecule has 1 aliphatic heterocycles. The van der Waals surface area contributed by atoms with Gasteiger partial charge in [0.25, 0.3) is 0 Å². The number of benzene rings is 2.